The Morgan fingerprint density at radius 3 is 2.96 bits per heavy atom. The van der Waals surface area contributed by atoms with Crippen molar-refractivity contribution < 1.29 is 14.3 Å². The number of hydrogen-bond acceptors (Lipinski definition) is 6. The van der Waals surface area contributed by atoms with Crippen molar-refractivity contribution in [3.63, 3.8) is 0 Å². The van der Waals surface area contributed by atoms with Gasteiger partial charge < -0.3 is 14.8 Å². The molecule has 0 radical (unpaired) electrons. The molecule has 126 valence electrons. The number of nitrogens with one attached hydrogen (secondary N) is 1. The molecule has 1 unspecified atom stereocenters. The molecule has 0 saturated carbocycles. The largest absolute Gasteiger partial charge is 0.458 e. The van der Waals surface area contributed by atoms with E-state index in [1.54, 1.807) is 13.0 Å². The van der Waals surface area contributed by atoms with Gasteiger partial charge in [0.25, 0.3) is 5.91 Å². The molecule has 6 nitrogen and oxygen atoms in total. The number of amides is 1. The van der Waals surface area contributed by atoms with Gasteiger partial charge in [0.2, 0.25) is 0 Å². The average Bonchev–Trinajstić information content (AvgIpc) is 3.20. The number of hydrogen-bond donors (Lipinski definition) is 2. The van der Waals surface area contributed by atoms with Gasteiger partial charge in [-0.1, -0.05) is 36.0 Å². The average molecular weight is 345 g/mol. The Kier molecular flexibility index (Phi) is 4.64. The number of aromatic nitrogens is 2. The van der Waals surface area contributed by atoms with E-state index in [0.717, 1.165) is 23.3 Å². The molecule has 2 aromatic heterocycles. The molecule has 3 rings (SSSR count). The first-order valence-corrected chi connectivity index (χ1v) is 8.59. The van der Waals surface area contributed by atoms with Gasteiger partial charge in [-0.25, -0.2) is 0 Å². The molecule has 0 aliphatic heterocycles. The molecule has 0 saturated heterocycles. The van der Waals surface area contributed by atoms with Crippen LogP contribution in [0.2, 0.25) is 0 Å². The Hall–Kier alpha value is -2.25. The summed E-state index contributed by atoms with van der Waals surface area (Å²) in [4.78, 5) is 12.8. The minimum absolute atomic E-state index is 0.0368. The quantitative estimate of drug-likeness (QED) is 0.717. The smallest absolute Gasteiger partial charge is 0.265 e. The van der Waals surface area contributed by atoms with Gasteiger partial charge in [0, 0.05) is 5.39 Å². The number of nitrogens with zero attached hydrogens (tertiary/aromatic N) is 2. The molecule has 0 fully saturated rings. The van der Waals surface area contributed by atoms with Gasteiger partial charge in [-0.2, -0.15) is 0 Å². The number of fused-ring (bicyclic) bond motifs is 1. The summed E-state index contributed by atoms with van der Waals surface area (Å²) in [5.41, 5.74) is 0.0944. The summed E-state index contributed by atoms with van der Waals surface area (Å²) >= 11 is 1.07. The first kappa shape index (κ1) is 16.6. The van der Waals surface area contributed by atoms with Gasteiger partial charge in [0.05, 0.1) is 12.2 Å². The van der Waals surface area contributed by atoms with Crippen LogP contribution >= 0.6 is 11.5 Å². The lowest BCUT2D eigenvalue weighted by Crippen LogP contribution is -2.38. The lowest BCUT2D eigenvalue weighted by molar-refractivity contribution is 0.0345. The van der Waals surface area contributed by atoms with Gasteiger partial charge in [-0.3, -0.25) is 4.79 Å². The molecule has 2 heterocycles. The minimum Gasteiger partial charge on any atom is -0.458 e. The number of carbonyl (C=O) groups excluding carboxylic acids is 1. The van der Waals surface area contributed by atoms with Crippen molar-refractivity contribution in [3.05, 3.63) is 46.7 Å². The number of aryl methyl sites for hydroxylation is 1. The molecule has 0 bridgehead atoms. The Bertz CT molecular complexity index is 821. The highest BCUT2D eigenvalue weighted by molar-refractivity contribution is 7.08. The summed E-state index contributed by atoms with van der Waals surface area (Å²) in [5.74, 6) is 0.144. The summed E-state index contributed by atoms with van der Waals surface area (Å²) in [7, 11) is 0. The first-order chi connectivity index (χ1) is 11.5. The van der Waals surface area contributed by atoms with E-state index < -0.39 is 5.60 Å². The van der Waals surface area contributed by atoms with Crippen LogP contribution in [0.25, 0.3) is 11.0 Å². The lowest BCUT2D eigenvalue weighted by atomic mass is 10.0. The molecule has 0 aliphatic carbocycles. The molecule has 24 heavy (non-hydrogen) atoms. The van der Waals surface area contributed by atoms with Crippen molar-refractivity contribution in [1.29, 1.82) is 0 Å². The lowest BCUT2D eigenvalue weighted by Gasteiger charge is -2.21. The third-order valence-corrected chi connectivity index (χ3v) is 4.57. The fourth-order valence-electron chi connectivity index (χ4n) is 2.45. The predicted molar refractivity (Wildman–Crippen MR) is 92.0 cm³/mol. The highest BCUT2D eigenvalue weighted by Crippen LogP contribution is 2.27. The molecule has 0 aliphatic rings. The van der Waals surface area contributed by atoms with E-state index in [2.05, 4.69) is 14.9 Å². The van der Waals surface area contributed by atoms with Gasteiger partial charge in [-0.05, 0) is 37.0 Å². The Labute approximate surface area is 143 Å². The molecule has 1 atom stereocenters. The molecule has 1 amide bonds. The number of para-hydroxylation sites is 1. The van der Waals surface area contributed by atoms with Crippen LogP contribution in [-0.2, 0) is 12.0 Å². The van der Waals surface area contributed by atoms with Crippen LogP contribution < -0.4 is 5.32 Å². The van der Waals surface area contributed by atoms with E-state index in [9.17, 15) is 9.90 Å². The van der Waals surface area contributed by atoms with E-state index in [4.69, 9.17) is 4.42 Å². The number of furan rings is 1. The molecule has 7 heteroatoms. The third kappa shape index (κ3) is 3.32. The van der Waals surface area contributed by atoms with Crippen molar-refractivity contribution in [2.24, 2.45) is 0 Å². The number of benzene rings is 1. The maximum atomic E-state index is 12.3. The Morgan fingerprint density at radius 1 is 1.42 bits per heavy atom. The topological polar surface area (TPSA) is 88.2 Å². The number of carbonyl (C=O) groups is 1. The van der Waals surface area contributed by atoms with Crippen LogP contribution in [0.4, 0.5) is 0 Å². The standard InChI is InChI=1S/C17H19N3O3S/c1-3-6-12-15(24-20-19-12)16(21)18-10-17(2,22)14-9-11-7-4-5-8-13(11)23-14/h4-5,7-9,22H,3,6,10H2,1-2H3,(H,18,21). The fraction of sp³-hybridized carbons (Fsp3) is 0.353. The van der Waals surface area contributed by atoms with Gasteiger partial charge in [0.15, 0.2) is 0 Å². The van der Waals surface area contributed by atoms with Crippen molar-refractivity contribution in [1.82, 2.24) is 14.9 Å². The van der Waals surface area contributed by atoms with Crippen LogP contribution in [-0.4, -0.2) is 27.1 Å². The van der Waals surface area contributed by atoms with E-state index in [0.29, 0.717) is 28.3 Å². The second-order valence-electron chi connectivity index (χ2n) is 5.90. The third-order valence-electron chi connectivity index (χ3n) is 3.80. The highest BCUT2D eigenvalue weighted by Gasteiger charge is 2.29. The molecular weight excluding hydrogens is 326 g/mol. The molecule has 2 N–H and O–H groups in total. The second-order valence-corrected chi connectivity index (χ2v) is 6.66. The maximum absolute atomic E-state index is 12.3. The van der Waals surface area contributed by atoms with Crippen LogP contribution in [0.3, 0.4) is 0 Å². The van der Waals surface area contributed by atoms with E-state index in [1.165, 1.54) is 0 Å². The predicted octanol–water partition coefficient (Wildman–Crippen LogP) is 2.87. The monoisotopic (exact) mass is 345 g/mol. The SMILES string of the molecule is CCCc1nnsc1C(=O)NCC(C)(O)c1cc2ccccc2o1. The zero-order valence-corrected chi connectivity index (χ0v) is 14.4. The van der Waals surface area contributed by atoms with Gasteiger partial charge in [0.1, 0.15) is 21.8 Å². The highest BCUT2D eigenvalue weighted by atomic mass is 32.1. The van der Waals surface area contributed by atoms with Crippen molar-refractivity contribution in [2.75, 3.05) is 6.54 Å². The zero-order chi connectivity index (χ0) is 17.2. The fourth-order valence-corrected chi connectivity index (χ4v) is 3.07. The second kappa shape index (κ2) is 6.70. The maximum Gasteiger partial charge on any atom is 0.265 e. The Morgan fingerprint density at radius 2 is 2.21 bits per heavy atom. The number of aliphatic hydroxyl groups is 1. The van der Waals surface area contributed by atoms with Crippen molar-refractivity contribution in [3.8, 4) is 0 Å². The van der Waals surface area contributed by atoms with E-state index in [1.807, 2.05) is 31.2 Å². The first-order valence-electron chi connectivity index (χ1n) is 7.82. The van der Waals surface area contributed by atoms with Crippen molar-refractivity contribution in [2.45, 2.75) is 32.3 Å². The molecule has 1 aromatic carbocycles. The van der Waals surface area contributed by atoms with Gasteiger partial charge in [-0.15, -0.1) is 5.10 Å². The minimum atomic E-state index is -1.31. The summed E-state index contributed by atoms with van der Waals surface area (Å²) in [6.07, 6.45) is 1.60. The van der Waals surface area contributed by atoms with Crippen molar-refractivity contribution >= 4 is 28.4 Å². The van der Waals surface area contributed by atoms with Crippen LogP contribution in [0, 0.1) is 0 Å². The molecule has 0 spiro atoms. The number of rotatable bonds is 6. The van der Waals surface area contributed by atoms with E-state index in [-0.39, 0.29) is 12.5 Å². The Balaban J connectivity index is 1.72. The summed E-state index contributed by atoms with van der Waals surface area (Å²) in [5, 5.41) is 18.3. The van der Waals surface area contributed by atoms with Crippen LogP contribution in [0.5, 0.6) is 0 Å². The zero-order valence-electron chi connectivity index (χ0n) is 13.6. The normalized spacial score (nSPS) is 13.8. The molecule has 3 aromatic rings. The summed E-state index contributed by atoms with van der Waals surface area (Å²) in [6.45, 7) is 3.67. The van der Waals surface area contributed by atoms with Gasteiger partial charge >= 0.3 is 0 Å². The summed E-state index contributed by atoms with van der Waals surface area (Å²) < 4.78 is 9.54. The molecular formula is C17H19N3O3S. The van der Waals surface area contributed by atoms with Crippen LogP contribution in [0.1, 0.15) is 41.4 Å². The van der Waals surface area contributed by atoms with Crippen LogP contribution in [0.15, 0.2) is 34.7 Å². The summed E-state index contributed by atoms with van der Waals surface area (Å²) in [6, 6.07) is 9.32. The van der Waals surface area contributed by atoms with E-state index >= 15 is 0 Å².